The normalized spacial score (nSPS) is 16.1. The van der Waals surface area contributed by atoms with Crippen LogP contribution < -0.4 is 15.2 Å². The molecule has 6 rings (SSSR count). The van der Waals surface area contributed by atoms with Gasteiger partial charge in [-0.1, -0.05) is 66.7 Å². The minimum Gasteiger partial charge on any atom is -0.473 e. The molecule has 1 aliphatic heterocycles. The highest BCUT2D eigenvalue weighted by atomic mass is 19.3. The van der Waals surface area contributed by atoms with Gasteiger partial charge in [0.05, 0.1) is 23.5 Å². The number of rotatable bonds is 8. The SMILES string of the molecule is Cn1c(=O)n(-c2ccc(OCc3ccccc3)nc2OCc2ccccc2)c2ccc([C@@H]3CCN(C(=O)OC(C)(C)C)CC3(F)F)cc21. The third kappa shape index (κ3) is 7.05. The molecule has 1 amide bonds. The Morgan fingerprint density at radius 2 is 1.54 bits per heavy atom. The molecule has 3 heterocycles. The molecule has 0 saturated carbocycles. The van der Waals surface area contributed by atoms with E-state index in [1.165, 1.54) is 9.13 Å². The number of carbonyl (C=O) groups is 1. The van der Waals surface area contributed by atoms with Crippen molar-refractivity contribution in [3.63, 3.8) is 0 Å². The average molecular weight is 657 g/mol. The van der Waals surface area contributed by atoms with Crippen LogP contribution in [-0.4, -0.2) is 49.7 Å². The zero-order chi connectivity index (χ0) is 34.1. The Morgan fingerprint density at radius 1 is 0.896 bits per heavy atom. The first-order valence-electron chi connectivity index (χ1n) is 15.8. The zero-order valence-electron chi connectivity index (χ0n) is 27.4. The molecule has 1 saturated heterocycles. The van der Waals surface area contributed by atoms with Gasteiger partial charge in [-0.15, -0.1) is 0 Å². The molecule has 0 N–H and O–H groups in total. The largest absolute Gasteiger partial charge is 0.473 e. The van der Waals surface area contributed by atoms with E-state index < -0.39 is 35.8 Å². The first-order valence-corrected chi connectivity index (χ1v) is 15.8. The van der Waals surface area contributed by atoms with Crippen LogP contribution in [0, 0.1) is 0 Å². The van der Waals surface area contributed by atoms with Crippen LogP contribution >= 0.6 is 0 Å². The van der Waals surface area contributed by atoms with Gasteiger partial charge in [0, 0.05) is 19.7 Å². The number of imidazole rings is 1. The molecule has 1 fully saturated rings. The lowest BCUT2D eigenvalue weighted by Gasteiger charge is -2.39. The fourth-order valence-electron chi connectivity index (χ4n) is 5.87. The Hall–Kier alpha value is -5.19. The molecule has 9 nitrogen and oxygen atoms in total. The fraction of sp³-hybridized carbons (Fsp3) is 0.324. The first kappa shape index (κ1) is 32.7. The molecular formula is C37H38F2N4O5. The van der Waals surface area contributed by atoms with E-state index in [0.717, 1.165) is 16.0 Å². The molecule has 0 radical (unpaired) electrons. The maximum Gasteiger partial charge on any atom is 0.410 e. The number of amides is 1. The number of carbonyl (C=O) groups excluding carboxylic acids is 1. The van der Waals surface area contributed by atoms with Crippen LogP contribution in [-0.2, 0) is 25.0 Å². The summed E-state index contributed by atoms with van der Waals surface area (Å²) in [5.74, 6) is -3.85. The van der Waals surface area contributed by atoms with Gasteiger partial charge in [-0.2, -0.15) is 4.98 Å². The van der Waals surface area contributed by atoms with E-state index in [-0.39, 0.29) is 25.5 Å². The number of benzene rings is 3. The second-order valence-corrected chi connectivity index (χ2v) is 13.0. The number of likely N-dealkylation sites (tertiary alicyclic amines) is 1. The molecule has 5 aromatic rings. The van der Waals surface area contributed by atoms with E-state index in [9.17, 15) is 9.59 Å². The molecule has 0 bridgehead atoms. The number of piperidine rings is 1. The number of aromatic nitrogens is 3. The summed E-state index contributed by atoms with van der Waals surface area (Å²) in [5, 5.41) is 0. The van der Waals surface area contributed by atoms with Gasteiger partial charge in [0.1, 0.15) is 24.5 Å². The van der Waals surface area contributed by atoms with Crippen molar-refractivity contribution in [2.24, 2.45) is 7.05 Å². The van der Waals surface area contributed by atoms with Crippen LogP contribution in [0.4, 0.5) is 13.6 Å². The fourth-order valence-corrected chi connectivity index (χ4v) is 5.87. The van der Waals surface area contributed by atoms with Crippen molar-refractivity contribution in [3.8, 4) is 17.4 Å². The van der Waals surface area contributed by atoms with Crippen molar-refractivity contribution in [2.45, 2.75) is 57.8 Å². The number of pyridine rings is 1. The smallest absolute Gasteiger partial charge is 0.410 e. The van der Waals surface area contributed by atoms with Gasteiger partial charge in [-0.05, 0) is 62.1 Å². The second-order valence-electron chi connectivity index (χ2n) is 13.0. The van der Waals surface area contributed by atoms with Gasteiger partial charge in [0.15, 0.2) is 0 Å². The average Bonchev–Trinajstić information content (AvgIpc) is 3.30. The monoisotopic (exact) mass is 656 g/mol. The van der Waals surface area contributed by atoms with E-state index in [0.29, 0.717) is 34.8 Å². The molecule has 48 heavy (non-hydrogen) atoms. The van der Waals surface area contributed by atoms with Crippen molar-refractivity contribution in [1.82, 2.24) is 19.0 Å². The number of hydrogen-bond donors (Lipinski definition) is 0. The molecular weight excluding hydrogens is 618 g/mol. The van der Waals surface area contributed by atoms with E-state index in [1.807, 2.05) is 60.7 Å². The number of fused-ring (bicyclic) bond motifs is 1. The minimum atomic E-state index is -3.21. The molecule has 0 aliphatic carbocycles. The molecule has 1 aliphatic rings. The summed E-state index contributed by atoms with van der Waals surface area (Å²) in [6, 6.07) is 27.6. The quantitative estimate of drug-likeness (QED) is 0.175. The lowest BCUT2D eigenvalue weighted by atomic mass is 9.86. The Labute approximate surface area is 277 Å². The van der Waals surface area contributed by atoms with Gasteiger partial charge in [-0.25, -0.2) is 18.4 Å². The van der Waals surface area contributed by atoms with Gasteiger partial charge >= 0.3 is 11.8 Å². The molecule has 0 spiro atoms. The number of alkyl halides is 2. The molecule has 3 aromatic carbocycles. The predicted molar refractivity (Wildman–Crippen MR) is 178 cm³/mol. The summed E-state index contributed by atoms with van der Waals surface area (Å²) in [5.41, 5.74) is 2.45. The van der Waals surface area contributed by atoms with Crippen LogP contribution in [0.3, 0.4) is 0 Å². The van der Waals surface area contributed by atoms with Crippen LogP contribution in [0.25, 0.3) is 16.7 Å². The van der Waals surface area contributed by atoms with Crippen molar-refractivity contribution in [3.05, 3.63) is 118 Å². The van der Waals surface area contributed by atoms with Crippen molar-refractivity contribution in [2.75, 3.05) is 13.1 Å². The third-order valence-corrected chi connectivity index (χ3v) is 8.24. The van der Waals surface area contributed by atoms with Gasteiger partial charge in [0.2, 0.25) is 11.8 Å². The lowest BCUT2D eigenvalue weighted by Crippen LogP contribution is -2.50. The number of nitrogens with zero attached hydrogens (tertiary/aromatic N) is 4. The molecule has 250 valence electrons. The first-order chi connectivity index (χ1) is 22.9. The Balaban J connectivity index is 1.32. The van der Waals surface area contributed by atoms with Gasteiger partial charge < -0.3 is 19.1 Å². The predicted octanol–water partition coefficient (Wildman–Crippen LogP) is 7.24. The lowest BCUT2D eigenvalue weighted by molar-refractivity contribution is -0.0848. The number of aryl methyl sites for hydroxylation is 1. The summed E-state index contributed by atoms with van der Waals surface area (Å²) in [4.78, 5) is 32.0. The van der Waals surface area contributed by atoms with Crippen molar-refractivity contribution in [1.29, 1.82) is 0 Å². The van der Waals surface area contributed by atoms with Crippen molar-refractivity contribution < 1.29 is 27.8 Å². The van der Waals surface area contributed by atoms with Crippen LogP contribution in [0.2, 0.25) is 0 Å². The number of ether oxygens (including phenoxy) is 3. The van der Waals surface area contributed by atoms with Gasteiger partial charge in [0.25, 0.3) is 5.92 Å². The Morgan fingerprint density at radius 3 is 2.17 bits per heavy atom. The van der Waals surface area contributed by atoms with Crippen molar-refractivity contribution >= 4 is 17.1 Å². The highest BCUT2D eigenvalue weighted by Gasteiger charge is 2.47. The summed E-state index contributed by atoms with van der Waals surface area (Å²) in [6.45, 7) is 4.96. The van der Waals surface area contributed by atoms with E-state index >= 15 is 8.78 Å². The maximum absolute atomic E-state index is 15.6. The molecule has 0 unspecified atom stereocenters. The van der Waals surface area contributed by atoms with E-state index in [4.69, 9.17) is 14.2 Å². The minimum absolute atomic E-state index is 0.0399. The number of halogens is 2. The topological polar surface area (TPSA) is 87.8 Å². The third-order valence-electron chi connectivity index (χ3n) is 8.24. The van der Waals surface area contributed by atoms with Gasteiger partial charge in [-0.3, -0.25) is 9.13 Å². The molecule has 1 atom stereocenters. The summed E-state index contributed by atoms with van der Waals surface area (Å²) < 4.78 is 51.5. The maximum atomic E-state index is 15.6. The summed E-state index contributed by atoms with van der Waals surface area (Å²) >= 11 is 0. The Kier molecular flexibility index (Phi) is 8.96. The molecule has 11 heteroatoms. The molecule has 2 aromatic heterocycles. The number of hydrogen-bond acceptors (Lipinski definition) is 6. The highest BCUT2D eigenvalue weighted by molar-refractivity contribution is 5.80. The van der Waals surface area contributed by atoms with Crippen LogP contribution in [0.15, 0.2) is 95.8 Å². The second kappa shape index (κ2) is 13.1. The highest BCUT2D eigenvalue weighted by Crippen LogP contribution is 2.41. The zero-order valence-corrected chi connectivity index (χ0v) is 27.4. The van der Waals surface area contributed by atoms with Crippen LogP contribution in [0.5, 0.6) is 11.8 Å². The van der Waals surface area contributed by atoms with Crippen LogP contribution in [0.1, 0.15) is 49.8 Å². The Bertz CT molecular complexity index is 1970. The summed E-state index contributed by atoms with van der Waals surface area (Å²) in [6.07, 6.45) is -0.718. The van der Waals surface area contributed by atoms with E-state index in [1.54, 1.807) is 58.2 Å². The standard InChI is InChI=1S/C37H38F2N4O5/c1-36(2,3)48-35(45)42-20-19-28(37(38,39)24-42)27-15-16-29-31(21-27)41(4)34(44)43(29)30-17-18-32(46-22-25-11-7-5-8-12-25)40-33(30)47-23-26-13-9-6-10-14-26/h5-18,21,28H,19-20,22-24H2,1-4H3/t28-/m0/s1. The summed E-state index contributed by atoms with van der Waals surface area (Å²) in [7, 11) is 1.60. The van der Waals surface area contributed by atoms with E-state index in [2.05, 4.69) is 4.98 Å².